The van der Waals surface area contributed by atoms with E-state index in [1.807, 2.05) is 24.4 Å². The van der Waals surface area contributed by atoms with Crippen molar-refractivity contribution in [1.82, 2.24) is 4.98 Å². The van der Waals surface area contributed by atoms with Crippen molar-refractivity contribution in [3.05, 3.63) is 48.0 Å². The number of nitrogen functional groups attached to an aromatic ring is 1. The Morgan fingerprint density at radius 2 is 2.06 bits per heavy atom. The maximum Gasteiger partial charge on any atom is 0.0942 e. The summed E-state index contributed by atoms with van der Waals surface area (Å²) in [7, 11) is 0. The fourth-order valence-electron chi connectivity index (χ4n) is 1.69. The van der Waals surface area contributed by atoms with E-state index in [1.165, 1.54) is 9.10 Å². The molecule has 2 heterocycles. The van der Waals surface area contributed by atoms with Crippen LogP contribution in [0.25, 0.3) is 10.9 Å². The van der Waals surface area contributed by atoms with Crippen molar-refractivity contribution >= 4 is 39.7 Å². The Hall–Kier alpha value is -1.52. The first-order chi connectivity index (χ1) is 8.34. The molecular formula is C13H10N2S2. The first-order valence-electron chi connectivity index (χ1n) is 5.19. The molecule has 17 heavy (non-hydrogen) atoms. The van der Waals surface area contributed by atoms with Gasteiger partial charge in [-0.05, 0) is 23.6 Å². The number of thiophene rings is 1. The van der Waals surface area contributed by atoms with Crippen LogP contribution in [0.4, 0.5) is 5.69 Å². The second-order valence-corrected chi connectivity index (χ2v) is 5.88. The van der Waals surface area contributed by atoms with E-state index in [4.69, 9.17) is 5.73 Å². The number of benzene rings is 1. The number of para-hydroxylation sites is 1. The Morgan fingerprint density at radius 1 is 1.12 bits per heavy atom. The lowest BCUT2D eigenvalue weighted by Gasteiger charge is -2.05. The van der Waals surface area contributed by atoms with Crippen molar-refractivity contribution in [2.24, 2.45) is 0 Å². The van der Waals surface area contributed by atoms with E-state index in [-0.39, 0.29) is 0 Å². The van der Waals surface area contributed by atoms with E-state index in [2.05, 4.69) is 28.6 Å². The third-order valence-corrected chi connectivity index (χ3v) is 4.58. The van der Waals surface area contributed by atoms with Gasteiger partial charge in [-0.25, -0.2) is 0 Å². The Kier molecular flexibility index (Phi) is 2.74. The highest BCUT2D eigenvalue weighted by Crippen LogP contribution is 2.36. The van der Waals surface area contributed by atoms with Crippen LogP contribution in [0.5, 0.6) is 0 Å². The van der Waals surface area contributed by atoms with Crippen LogP contribution in [0, 0.1) is 0 Å². The third-order valence-electron chi connectivity index (χ3n) is 2.47. The second-order valence-electron chi connectivity index (χ2n) is 3.59. The molecule has 0 fully saturated rings. The predicted molar refractivity (Wildman–Crippen MR) is 74.6 cm³/mol. The van der Waals surface area contributed by atoms with Gasteiger partial charge in [-0.15, -0.1) is 11.3 Å². The molecule has 4 heteroatoms. The van der Waals surface area contributed by atoms with E-state index < -0.39 is 0 Å². The molecule has 0 bridgehead atoms. The van der Waals surface area contributed by atoms with Crippen molar-refractivity contribution in [3.63, 3.8) is 0 Å². The number of rotatable bonds is 2. The maximum atomic E-state index is 5.93. The summed E-state index contributed by atoms with van der Waals surface area (Å²) in [4.78, 5) is 5.53. The molecule has 2 nitrogen and oxygen atoms in total. The Morgan fingerprint density at radius 3 is 2.88 bits per heavy atom. The zero-order valence-corrected chi connectivity index (χ0v) is 10.6. The lowest BCUT2D eigenvalue weighted by atomic mass is 10.2. The molecule has 0 atom stereocenters. The molecule has 3 aromatic rings. The maximum absolute atomic E-state index is 5.93. The molecule has 0 spiro atoms. The Bertz CT molecular complexity index is 648. The van der Waals surface area contributed by atoms with Gasteiger partial charge < -0.3 is 5.73 Å². The summed E-state index contributed by atoms with van der Waals surface area (Å²) >= 11 is 3.50. The van der Waals surface area contributed by atoms with E-state index in [0.29, 0.717) is 0 Å². The average Bonchev–Trinajstić information content (AvgIpc) is 2.83. The highest BCUT2D eigenvalue weighted by Gasteiger charge is 2.06. The number of fused-ring (bicyclic) bond motifs is 1. The number of hydrogen-bond acceptors (Lipinski definition) is 4. The SMILES string of the molecule is Nc1cccc2c(Sc3cccs3)ccnc12. The number of anilines is 1. The molecule has 0 aliphatic carbocycles. The lowest BCUT2D eigenvalue weighted by molar-refractivity contribution is 1.35. The number of nitrogens with two attached hydrogens (primary N) is 1. The minimum absolute atomic E-state index is 0.733. The highest BCUT2D eigenvalue weighted by atomic mass is 32.2. The number of aromatic nitrogens is 1. The summed E-state index contributed by atoms with van der Waals surface area (Å²) < 4.78 is 1.28. The first-order valence-corrected chi connectivity index (χ1v) is 6.89. The standard InChI is InChI=1S/C13H10N2S2/c14-10-4-1-3-9-11(6-7-15-13(9)10)17-12-5-2-8-16-12/h1-8H,14H2. The van der Waals surface area contributed by atoms with Crippen molar-refractivity contribution in [3.8, 4) is 0 Å². The molecule has 0 aliphatic rings. The van der Waals surface area contributed by atoms with Crippen molar-refractivity contribution in [2.75, 3.05) is 5.73 Å². The molecular weight excluding hydrogens is 248 g/mol. The summed E-state index contributed by atoms with van der Waals surface area (Å²) in [6, 6.07) is 12.1. The van der Waals surface area contributed by atoms with E-state index in [0.717, 1.165) is 16.6 Å². The molecule has 0 unspecified atom stereocenters. The molecule has 2 aromatic heterocycles. The Balaban J connectivity index is 2.14. The quantitative estimate of drug-likeness (QED) is 0.705. The van der Waals surface area contributed by atoms with Gasteiger partial charge in [-0.2, -0.15) is 0 Å². The second kappa shape index (κ2) is 4.39. The summed E-state index contributed by atoms with van der Waals surface area (Å²) in [5, 5.41) is 3.20. The third kappa shape index (κ3) is 2.01. The van der Waals surface area contributed by atoms with Gasteiger partial charge in [-0.1, -0.05) is 30.0 Å². The van der Waals surface area contributed by atoms with E-state index >= 15 is 0 Å². The van der Waals surface area contributed by atoms with Crippen LogP contribution in [-0.4, -0.2) is 4.98 Å². The predicted octanol–water partition coefficient (Wildman–Crippen LogP) is 4.03. The molecule has 84 valence electrons. The zero-order valence-electron chi connectivity index (χ0n) is 8.96. The lowest BCUT2D eigenvalue weighted by Crippen LogP contribution is -1.89. The zero-order chi connectivity index (χ0) is 11.7. The van der Waals surface area contributed by atoms with Gasteiger partial charge >= 0.3 is 0 Å². The van der Waals surface area contributed by atoms with Gasteiger partial charge in [0.1, 0.15) is 0 Å². The molecule has 2 N–H and O–H groups in total. The van der Waals surface area contributed by atoms with Crippen LogP contribution >= 0.6 is 23.1 Å². The highest BCUT2D eigenvalue weighted by molar-refractivity contribution is 8.01. The normalized spacial score (nSPS) is 10.8. The van der Waals surface area contributed by atoms with Crippen LogP contribution < -0.4 is 5.73 Å². The first kappa shape index (κ1) is 10.6. The average molecular weight is 258 g/mol. The van der Waals surface area contributed by atoms with Gasteiger partial charge in [0.25, 0.3) is 0 Å². The topological polar surface area (TPSA) is 38.9 Å². The molecule has 1 aromatic carbocycles. The fraction of sp³-hybridized carbons (Fsp3) is 0. The number of hydrogen-bond donors (Lipinski definition) is 1. The number of nitrogens with zero attached hydrogens (tertiary/aromatic N) is 1. The molecule has 0 saturated heterocycles. The van der Waals surface area contributed by atoms with Crippen LogP contribution in [0.3, 0.4) is 0 Å². The van der Waals surface area contributed by atoms with Gasteiger partial charge in [0.2, 0.25) is 0 Å². The molecule has 0 aliphatic heterocycles. The number of pyridine rings is 1. The van der Waals surface area contributed by atoms with Crippen molar-refractivity contribution < 1.29 is 0 Å². The molecule has 0 radical (unpaired) electrons. The molecule has 3 rings (SSSR count). The van der Waals surface area contributed by atoms with Crippen LogP contribution in [0.1, 0.15) is 0 Å². The van der Waals surface area contributed by atoms with Crippen molar-refractivity contribution in [1.29, 1.82) is 0 Å². The van der Waals surface area contributed by atoms with Gasteiger partial charge in [0.05, 0.1) is 15.4 Å². The summed E-state index contributed by atoms with van der Waals surface area (Å²) in [5.74, 6) is 0. The van der Waals surface area contributed by atoms with Crippen LogP contribution in [0.2, 0.25) is 0 Å². The minimum Gasteiger partial charge on any atom is -0.397 e. The van der Waals surface area contributed by atoms with E-state index in [1.54, 1.807) is 23.1 Å². The summed E-state index contributed by atoms with van der Waals surface area (Å²) in [6.45, 7) is 0. The molecule has 0 amide bonds. The van der Waals surface area contributed by atoms with Gasteiger partial charge in [0.15, 0.2) is 0 Å². The Labute approximate surface area is 107 Å². The van der Waals surface area contributed by atoms with Crippen molar-refractivity contribution in [2.45, 2.75) is 9.10 Å². The largest absolute Gasteiger partial charge is 0.397 e. The van der Waals surface area contributed by atoms with Crippen LogP contribution in [-0.2, 0) is 0 Å². The van der Waals surface area contributed by atoms with Crippen LogP contribution in [0.15, 0.2) is 57.1 Å². The minimum atomic E-state index is 0.733. The van der Waals surface area contributed by atoms with Gasteiger partial charge in [0, 0.05) is 16.5 Å². The van der Waals surface area contributed by atoms with Gasteiger partial charge in [-0.3, -0.25) is 4.98 Å². The monoisotopic (exact) mass is 258 g/mol. The van der Waals surface area contributed by atoms with E-state index in [9.17, 15) is 0 Å². The molecule has 0 saturated carbocycles. The summed E-state index contributed by atoms with van der Waals surface area (Å²) in [6.07, 6.45) is 1.81. The fourth-order valence-corrected chi connectivity index (χ4v) is 3.54. The smallest absolute Gasteiger partial charge is 0.0942 e. The summed E-state index contributed by atoms with van der Waals surface area (Å²) in [5.41, 5.74) is 7.55.